The van der Waals surface area contributed by atoms with Crippen molar-refractivity contribution >= 4 is 45.8 Å². The number of hydrogen-bond donors (Lipinski definition) is 4. The van der Waals surface area contributed by atoms with Gasteiger partial charge < -0.3 is 20.8 Å². The van der Waals surface area contributed by atoms with Crippen LogP contribution in [0.3, 0.4) is 0 Å². The van der Waals surface area contributed by atoms with Gasteiger partial charge in [0.25, 0.3) is 11.8 Å². The van der Waals surface area contributed by atoms with Gasteiger partial charge in [-0.25, -0.2) is 4.79 Å². The number of carboxylic acids is 2. The van der Waals surface area contributed by atoms with Gasteiger partial charge in [0.1, 0.15) is 5.00 Å². The number of rotatable bonds is 17. The van der Waals surface area contributed by atoms with Gasteiger partial charge in [-0.15, -0.1) is 11.3 Å². The van der Waals surface area contributed by atoms with E-state index >= 15 is 0 Å². The lowest BCUT2D eigenvalue weighted by Gasteiger charge is -2.22. The molecule has 0 atom stereocenters. The van der Waals surface area contributed by atoms with Gasteiger partial charge in [0.05, 0.1) is 11.1 Å². The third-order valence-electron chi connectivity index (χ3n) is 9.71. The summed E-state index contributed by atoms with van der Waals surface area (Å²) in [4.78, 5) is 53.1. The first-order valence-corrected chi connectivity index (χ1v) is 18.8. The van der Waals surface area contributed by atoms with Crippen LogP contribution in [0.25, 0.3) is 0 Å². The van der Waals surface area contributed by atoms with Crippen molar-refractivity contribution in [1.29, 1.82) is 0 Å². The standard InChI is InChI=1S/C41H45N3O6S/c45-36(46)11-2-1-5-24-44(33-22-23-33)26-29-7-6-8-31(25-29)38(47)43-40-37(34-9-3-4-10-35(34)51-40)39(48)42-32-20-16-28(17-21-32)13-12-27-14-18-30(19-15-27)41(49)50/h6-8,14-21,25,33H,1-5,9-13,22-24,26H2,(H,42,48)(H,43,47)(H,45,46)(H,49,50). The summed E-state index contributed by atoms with van der Waals surface area (Å²) in [6, 6.07) is 22.9. The zero-order valence-corrected chi connectivity index (χ0v) is 29.6. The molecule has 0 spiro atoms. The van der Waals surface area contributed by atoms with Crippen LogP contribution in [0.15, 0.2) is 72.8 Å². The molecule has 2 aliphatic carbocycles. The highest BCUT2D eigenvalue weighted by Crippen LogP contribution is 2.39. The number of benzene rings is 3. The molecule has 0 radical (unpaired) electrons. The van der Waals surface area contributed by atoms with E-state index in [1.165, 1.54) is 24.2 Å². The van der Waals surface area contributed by atoms with Gasteiger partial charge in [0.15, 0.2) is 0 Å². The van der Waals surface area contributed by atoms with Crippen LogP contribution in [0, 0.1) is 0 Å². The summed E-state index contributed by atoms with van der Waals surface area (Å²) in [5, 5.41) is 24.8. The molecule has 0 bridgehead atoms. The molecule has 9 nitrogen and oxygen atoms in total. The van der Waals surface area contributed by atoms with Crippen molar-refractivity contribution < 1.29 is 29.4 Å². The fraction of sp³-hybridized carbons (Fsp3) is 0.366. The Balaban J connectivity index is 1.09. The number of fused-ring (bicyclic) bond motifs is 1. The van der Waals surface area contributed by atoms with Crippen LogP contribution in [-0.2, 0) is 37.0 Å². The summed E-state index contributed by atoms with van der Waals surface area (Å²) in [6.07, 6.45) is 10.4. The lowest BCUT2D eigenvalue weighted by Crippen LogP contribution is -2.27. The second-order valence-electron chi connectivity index (χ2n) is 13.6. The van der Waals surface area contributed by atoms with E-state index in [-0.39, 0.29) is 23.8 Å². The van der Waals surface area contributed by atoms with E-state index in [1.807, 2.05) is 60.7 Å². The molecule has 51 heavy (non-hydrogen) atoms. The second-order valence-corrected chi connectivity index (χ2v) is 14.7. The van der Waals surface area contributed by atoms with E-state index < -0.39 is 11.9 Å². The number of thiophene rings is 1. The maximum absolute atomic E-state index is 13.8. The minimum atomic E-state index is -0.936. The van der Waals surface area contributed by atoms with Crippen molar-refractivity contribution in [2.45, 2.75) is 89.6 Å². The van der Waals surface area contributed by atoms with Crippen molar-refractivity contribution in [3.05, 3.63) is 117 Å². The summed E-state index contributed by atoms with van der Waals surface area (Å²) < 4.78 is 0. The molecular formula is C41H45N3O6S. The molecule has 0 saturated heterocycles. The predicted octanol–water partition coefficient (Wildman–Crippen LogP) is 8.22. The minimum absolute atomic E-state index is 0.210. The normalized spacial score (nSPS) is 13.8. The van der Waals surface area contributed by atoms with Crippen LogP contribution in [0.1, 0.15) is 110 Å². The highest BCUT2D eigenvalue weighted by Gasteiger charge is 2.29. The maximum Gasteiger partial charge on any atom is 0.335 e. The number of nitrogens with zero attached hydrogens (tertiary/aromatic N) is 1. The highest BCUT2D eigenvalue weighted by molar-refractivity contribution is 7.17. The monoisotopic (exact) mass is 707 g/mol. The molecule has 2 aliphatic rings. The molecule has 1 aromatic heterocycles. The molecule has 0 aliphatic heterocycles. The van der Waals surface area contributed by atoms with Crippen LogP contribution in [-0.4, -0.2) is 51.5 Å². The Labute approximate surface area is 302 Å². The van der Waals surface area contributed by atoms with Gasteiger partial charge in [-0.3, -0.25) is 19.3 Å². The molecule has 1 saturated carbocycles. The largest absolute Gasteiger partial charge is 0.481 e. The SMILES string of the molecule is O=C(O)CCCCCN(Cc1cccc(C(=O)Nc2sc3c(c2C(=O)Nc2ccc(CCc4ccc(C(=O)O)cc4)cc2)CCCC3)c1)C1CC1. The van der Waals surface area contributed by atoms with Crippen LogP contribution < -0.4 is 10.6 Å². The number of unbranched alkanes of at least 4 members (excludes halogenated alkanes) is 2. The van der Waals surface area contributed by atoms with Crippen molar-refractivity contribution in [1.82, 2.24) is 4.90 Å². The fourth-order valence-corrected chi connectivity index (χ4v) is 8.05. The number of carboxylic acid groups (broad SMARTS) is 2. The number of carbonyl (C=O) groups excluding carboxylic acids is 2. The van der Waals surface area contributed by atoms with Gasteiger partial charge in [0, 0.05) is 35.1 Å². The van der Waals surface area contributed by atoms with Crippen LogP contribution in [0.4, 0.5) is 10.7 Å². The van der Waals surface area contributed by atoms with Gasteiger partial charge in [-0.2, -0.15) is 0 Å². The average molecular weight is 708 g/mol. The lowest BCUT2D eigenvalue weighted by atomic mass is 9.95. The summed E-state index contributed by atoms with van der Waals surface area (Å²) in [6.45, 7) is 1.65. The number of amides is 2. The lowest BCUT2D eigenvalue weighted by molar-refractivity contribution is -0.137. The summed E-state index contributed by atoms with van der Waals surface area (Å²) in [5.41, 5.74) is 6.31. The predicted molar refractivity (Wildman–Crippen MR) is 200 cm³/mol. The Bertz CT molecular complexity index is 1860. The number of aromatic carboxylic acids is 1. The Morgan fingerprint density at radius 2 is 1.45 bits per heavy atom. The Morgan fingerprint density at radius 3 is 2.14 bits per heavy atom. The van der Waals surface area contributed by atoms with Crippen LogP contribution in [0.5, 0.6) is 0 Å². The van der Waals surface area contributed by atoms with Gasteiger partial charge in [-0.1, -0.05) is 42.8 Å². The number of aryl methyl sites for hydroxylation is 3. The zero-order chi connectivity index (χ0) is 35.7. The molecular weight excluding hydrogens is 663 g/mol. The zero-order valence-electron chi connectivity index (χ0n) is 28.8. The molecule has 6 rings (SSSR count). The van der Waals surface area contributed by atoms with E-state index in [4.69, 9.17) is 10.2 Å². The molecule has 266 valence electrons. The average Bonchev–Trinajstić information content (AvgIpc) is 3.91. The summed E-state index contributed by atoms with van der Waals surface area (Å²) in [5.74, 6) is -2.15. The Kier molecular flexibility index (Phi) is 12.0. The topological polar surface area (TPSA) is 136 Å². The van der Waals surface area contributed by atoms with E-state index in [9.17, 15) is 19.2 Å². The number of aliphatic carboxylic acids is 1. The number of carbonyl (C=O) groups is 4. The Hall–Kier alpha value is -4.80. The van der Waals surface area contributed by atoms with Gasteiger partial charge >= 0.3 is 11.9 Å². The van der Waals surface area contributed by atoms with E-state index in [0.717, 1.165) is 91.6 Å². The molecule has 3 aromatic carbocycles. The maximum atomic E-state index is 13.8. The van der Waals surface area contributed by atoms with Crippen molar-refractivity contribution in [3.8, 4) is 0 Å². The second kappa shape index (κ2) is 16.9. The number of anilines is 2. The Morgan fingerprint density at radius 1 is 0.745 bits per heavy atom. The van der Waals surface area contributed by atoms with Crippen molar-refractivity contribution in [3.63, 3.8) is 0 Å². The highest BCUT2D eigenvalue weighted by atomic mass is 32.1. The van der Waals surface area contributed by atoms with Crippen molar-refractivity contribution in [2.75, 3.05) is 17.2 Å². The molecule has 0 unspecified atom stereocenters. The first-order valence-electron chi connectivity index (χ1n) is 18.0. The van der Waals surface area contributed by atoms with Crippen LogP contribution in [0.2, 0.25) is 0 Å². The number of hydrogen-bond acceptors (Lipinski definition) is 6. The van der Waals surface area contributed by atoms with Crippen molar-refractivity contribution in [2.24, 2.45) is 0 Å². The first-order chi connectivity index (χ1) is 24.7. The summed E-state index contributed by atoms with van der Waals surface area (Å²) in [7, 11) is 0. The molecule has 1 heterocycles. The van der Waals surface area contributed by atoms with Crippen LogP contribution >= 0.6 is 11.3 Å². The fourth-order valence-electron chi connectivity index (χ4n) is 6.76. The molecule has 4 aromatic rings. The molecule has 1 fully saturated rings. The van der Waals surface area contributed by atoms with Gasteiger partial charge in [-0.05, 0) is 129 Å². The molecule has 10 heteroatoms. The third-order valence-corrected chi connectivity index (χ3v) is 10.9. The minimum Gasteiger partial charge on any atom is -0.481 e. The van der Waals surface area contributed by atoms with E-state index in [2.05, 4.69) is 15.5 Å². The quantitative estimate of drug-likeness (QED) is 0.0812. The van der Waals surface area contributed by atoms with E-state index in [1.54, 1.807) is 12.1 Å². The van der Waals surface area contributed by atoms with Gasteiger partial charge in [0.2, 0.25) is 0 Å². The summed E-state index contributed by atoms with van der Waals surface area (Å²) >= 11 is 1.50. The van der Waals surface area contributed by atoms with E-state index in [0.29, 0.717) is 34.3 Å². The smallest absolute Gasteiger partial charge is 0.335 e. The third kappa shape index (κ3) is 9.92. The molecule has 4 N–H and O–H groups in total. The molecule has 2 amide bonds. The first kappa shape index (κ1) is 36.0. The number of nitrogens with one attached hydrogen (secondary N) is 2.